The van der Waals surface area contributed by atoms with Crippen LogP contribution in [0.1, 0.15) is 42.3 Å². The fraction of sp³-hybridized carbons (Fsp3) is 0.375. The van der Waals surface area contributed by atoms with Crippen molar-refractivity contribution in [1.29, 1.82) is 0 Å². The van der Waals surface area contributed by atoms with Gasteiger partial charge in [0.05, 0.1) is 59.3 Å². The molecule has 0 saturated heterocycles. The third-order valence-corrected chi connectivity index (χ3v) is 6.21. The lowest BCUT2D eigenvalue weighted by molar-refractivity contribution is -0.135. The van der Waals surface area contributed by atoms with E-state index in [1.807, 2.05) is 55.3 Å². The van der Waals surface area contributed by atoms with Crippen LogP contribution >= 0.6 is 21.3 Å². The SMILES string of the molecule is CCOCC(C(=O)N1Cc2cn(Nc3ccc4c(c3)SON4)nc2C1)c1ccc(C)nc1.CCP. The molecule has 9 nitrogen and oxygen atoms in total. The third kappa shape index (κ3) is 6.13. The molecule has 0 spiro atoms. The lowest BCUT2D eigenvalue weighted by Crippen LogP contribution is -2.33. The van der Waals surface area contributed by atoms with E-state index >= 15 is 0 Å². The zero-order valence-electron chi connectivity index (χ0n) is 20.2. The van der Waals surface area contributed by atoms with Crippen molar-refractivity contribution in [1.82, 2.24) is 19.8 Å². The van der Waals surface area contributed by atoms with Crippen LogP contribution in [-0.2, 0) is 26.9 Å². The van der Waals surface area contributed by atoms with Crippen molar-refractivity contribution >= 4 is 38.6 Å². The molecule has 3 aromatic rings. The van der Waals surface area contributed by atoms with Crippen LogP contribution in [0.4, 0.5) is 11.4 Å². The third-order valence-electron chi connectivity index (χ3n) is 5.52. The number of carbonyl (C=O) groups is 1. The molecule has 11 heteroatoms. The van der Waals surface area contributed by atoms with Gasteiger partial charge in [-0.3, -0.25) is 20.7 Å². The Labute approximate surface area is 212 Å². The largest absolute Gasteiger partial charge is 0.381 e. The van der Waals surface area contributed by atoms with Crippen LogP contribution in [-0.4, -0.2) is 45.1 Å². The van der Waals surface area contributed by atoms with Crippen LogP contribution in [0.25, 0.3) is 0 Å². The van der Waals surface area contributed by atoms with E-state index in [-0.39, 0.29) is 11.8 Å². The van der Waals surface area contributed by atoms with E-state index in [0.29, 0.717) is 26.3 Å². The van der Waals surface area contributed by atoms with Crippen molar-refractivity contribution in [3.8, 4) is 0 Å². The second-order valence-electron chi connectivity index (χ2n) is 8.18. The van der Waals surface area contributed by atoms with E-state index in [4.69, 9.17) is 9.02 Å². The lowest BCUT2D eigenvalue weighted by atomic mass is 10.00. The fourth-order valence-electron chi connectivity index (χ4n) is 3.81. The fourth-order valence-corrected chi connectivity index (χ4v) is 4.40. The molecule has 0 bridgehead atoms. The molecule has 0 saturated carbocycles. The first-order valence-corrected chi connectivity index (χ1v) is 13.1. The van der Waals surface area contributed by atoms with Crippen LogP contribution in [0.3, 0.4) is 0 Å². The predicted octanol–water partition coefficient (Wildman–Crippen LogP) is 4.37. The van der Waals surface area contributed by atoms with Crippen LogP contribution < -0.4 is 10.9 Å². The van der Waals surface area contributed by atoms with E-state index in [2.05, 4.69) is 37.2 Å². The number of aromatic nitrogens is 3. The van der Waals surface area contributed by atoms with Gasteiger partial charge in [-0.1, -0.05) is 13.0 Å². The van der Waals surface area contributed by atoms with Crippen LogP contribution in [0.5, 0.6) is 0 Å². The second-order valence-corrected chi connectivity index (χ2v) is 9.77. The highest BCUT2D eigenvalue weighted by Crippen LogP contribution is 2.36. The van der Waals surface area contributed by atoms with E-state index in [1.165, 1.54) is 18.2 Å². The van der Waals surface area contributed by atoms with Crippen LogP contribution in [0, 0.1) is 6.92 Å². The zero-order chi connectivity index (χ0) is 24.8. The van der Waals surface area contributed by atoms with E-state index in [1.54, 1.807) is 11.0 Å². The van der Waals surface area contributed by atoms with Crippen molar-refractivity contribution in [3.05, 3.63) is 65.2 Å². The number of benzene rings is 1. The number of carbonyl (C=O) groups excluding carboxylic acids is 1. The Bertz CT molecular complexity index is 1130. The van der Waals surface area contributed by atoms with Crippen LogP contribution in [0.2, 0.25) is 0 Å². The van der Waals surface area contributed by atoms with Gasteiger partial charge in [0, 0.05) is 30.6 Å². The Morgan fingerprint density at radius 1 is 1.31 bits per heavy atom. The Balaban J connectivity index is 0.000000917. The Hall–Kier alpha value is -2.65. The molecule has 35 heavy (non-hydrogen) atoms. The number of amides is 1. The van der Waals surface area contributed by atoms with Crippen molar-refractivity contribution in [2.24, 2.45) is 0 Å². The number of anilines is 2. The summed E-state index contributed by atoms with van der Waals surface area (Å²) in [7, 11) is 2.58. The monoisotopic (exact) mass is 514 g/mol. The number of rotatable bonds is 7. The second kappa shape index (κ2) is 11.9. The van der Waals surface area contributed by atoms with E-state index in [0.717, 1.165) is 38.8 Å². The molecule has 0 radical (unpaired) electrons. The molecule has 2 aliphatic rings. The maximum Gasteiger partial charge on any atom is 0.233 e. The number of hydrogen-bond donors (Lipinski definition) is 2. The molecule has 2 aliphatic heterocycles. The van der Waals surface area contributed by atoms with Crippen LogP contribution in [0.15, 0.2) is 47.6 Å². The van der Waals surface area contributed by atoms with E-state index in [9.17, 15) is 4.79 Å². The average molecular weight is 515 g/mol. The van der Waals surface area contributed by atoms with Gasteiger partial charge in [0.2, 0.25) is 5.91 Å². The minimum absolute atomic E-state index is 0.0322. The zero-order valence-corrected chi connectivity index (χ0v) is 22.1. The summed E-state index contributed by atoms with van der Waals surface area (Å²) >= 11 is 1.29. The van der Waals surface area contributed by atoms with Gasteiger partial charge in [-0.2, -0.15) is 14.2 Å². The minimum Gasteiger partial charge on any atom is -0.381 e. The molecule has 4 heterocycles. The quantitative estimate of drug-likeness (QED) is 0.355. The normalized spacial score (nSPS) is 14.5. The molecule has 0 aliphatic carbocycles. The van der Waals surface area contributed by atoms with Gasteiger partial charge in [0.1, 0.15) is 0 Å². The summed E-state index contributed by atoms with van der Waals surface area (Å²) in [5.41, 5.74) is 11.7. The van der Waals surface area contributed by atoms with Gasteiger partial charge < -0.3 is 9.64 Å². The summed E-state index contributed by atoms with van der Waals surface area (Å²) in [5, 5.41) is 4.63. The average Bonchev–Trinajstić information content (AvgIpc) is 3.55. The summed E-state index contributed by atoms with van der Waals surface area (Å²) in [4.78, 5) is 22.2. The highest BCUT2D eigenvalue weighted by Gasteiger charge is 2.32. The lowest BCUT2D eigenvalue weighted by Gasteiger charge is -2.23. The predicted molar refractivity (Wildman–Crippen MR) is 141 cm³/mol. The minimum atomic E-state index is -0.378. The van der Waals surface area contributed by atoms with Gasteiger partial charge in [-0.15, -0.1) is 9.24 Å². The first-order valence-electron chi connectivity index (χ1n) is 11.6. The van der Waals surface area contributed by atoms with Crippen molar-refractivity contribution in [3.63, 3.8) is 0 Å². The maximum atomic E-state index is 13.3. The summed E-state index contributed by atoms with van der Waals surface area (Å²) < 4.78 is 10.8. The molecule has 2 N–H and O–H groups in total. The molecule has 1 amide bonds. The number of ether oxygens (including phenoxy) is 1. The Morgan fingerprint density at radius 2 is 2.14 bits per heavy atom. The smallest absolute Gasteiger partial charge is 0.233 e. The first-order chi connectivity index (χ1) is 17.0. The number of pyridine rings is 1. The maximum absolute atomic E-state index is 13.3. The molecule has 1 aromatic carbocycles. The molecule has 0 fully saturated rings. The van der Waals surface area contributed by atoms with Gasteiger partial charge in [0.15, 0.2) is 0 Å². The first kappa shape index (κ1) is 25.4. The standard InChI is InChI=1S/C22H24N6O3S.C2H7P/c1-3-30-13-18(15-5-4-14(2)23-9-15)22(29)27-10-16-11-28(25-20(16)12-27)24-17-6-7-19-21(8-17)32-31-26-19;1-2-3/h4-9,11,18,24,26H,3,10,12-13H2,1-2H3;2-3H2,1H3. The molecular formula is C24H31N6O3PS. The number of hydrogen-bond acceptors (Lipinski definition) is 8. The van der Waals surface area contributed by atoms with Gasteiger partial charge in [-0.25, -0.2) is 0 Å². The molecule has 5 rings (SSSR count). The summed E-state index contributed by atoms with van der Waals surface area (Å²) in [5.74, 6) is -0.346. The molecule has 2 unspecified atom stereocenters. The van der Waals surface area contributed by atoms with Crippen molar-refractivity contribution < 1.29 is 13.8 Å². The number of aryl methyl sites for hydroxylation is 1. The Morgan fingerprint density at radius 3 is 2.86 bits per heavy atom. The number of fused-ring (bicyclic) bond motifs is 2. The number of nitrogens with one attached hydrogen (secondary N) is 2. The molecular weight excluding hydrogens is 483 g/mol. The molecule has 2 atom stereocenters. The highest BCUT2D eigenvalue weighted by molar-refractivity contribution is 7.95. The molecule has 2 aromatic heterocycles. The van der Waals surface area contributed by atoms with Crippen molar-refractivity contribution in [2.45, 2.75) is 44.7 Å². The number of nitrogens with zero attached hydrogens (tertiary/aromatic N) is 4. The summed E-state index contributed by atoms with van der Waals surface area (Å²) in [6.07, 6.45) is 4.87. The van der Waals surface area contributed by atoms with Crippen molar-refractivity contribution in [2.75, 3.05) is 30.3 Å². The van der Waals surface area contributed by atoms with Gasteiger partial charge in [-0.05, 0) is 49.8 Å². The Kier molecular flexibility index (Phi) is 8.62. The van der Waals surface area contributed by atoms with E-state index < -0.39 is 0 Å². The summed E-state index contributed by atoms with van der Waals surface area (Å²) in [6.45, 7) is 7.85. The topological polar surface area (TPSA) is 93.5 Å². The molecule has 186 valence electrons. The summed E-state index contributed by atoms with van der Waals surface area (Å²) in [6, 6.07) is 9.79. The highest BCUT2D eigenvalue weighted by atomic mass is 32.2. The van der Waals surface area contributed by atoms with Gasteiger partial charge in [0.25, 0.3) is 0 Å². The van der Waals surface area contributed by atoms with Gasteiger partial charge >= 0.3 is 0 Å².